The molecule has 3 heteroatoms. The van der Waals surface area contributed by atoms with Crippen molar-refractivity contribution in [3.05, 3.63) is 0 Å². The third-order valence-corrected chi connectivity index (χ3v) is 4.28. The van der Waals surface area contributed by atoms with Crippen LogP contribution in [0, 0.1) is 11.3 Å². The summed E-state index contributed by atoms with van der Waals surface area (Å²) in [5.41, 5.74) is 0.429. The van der Waals surface area contributed by atoms with Gasteiger partial charge in [-0.05, 0) is 43.4 Å². The zero-order valence-electron chi connectivity index (χ0n) is 11.4. The first-order chi connectivity index (χ1) is 7.98. The molecule has 2 rings (SSSR count). The number of nitrogens with one attached hydrogen (secondary N) is 2. The molecule has 1 saturated heterocycles. The number of amides is 1. The molecule has 1 aliphatic heterocycles. The lowest BCUT2D eigenvalue weighted by Gasteiger charge is -2.24. The van der Waals surface area contributed by atoms with Gasteiger partial charge in [0, 0.05) is 12.6 Å². The van der Waals surface area contributed by atoms with Gasteiger partial charge in [-0.2, -0.15) is 0 Å². The van der Waals surface area contributed by atoms with Crippen LogP contribution in [-0.2, 0) is 4.79 Å². The molecule has 0 unspecified atom stereocenters. The topological polar surface area (TPSA) is 41.1 Å². The number of carbonyl (C=O) groups is 1. The zero-order valence-corrected chi connectivity index (χ0v) is 11.4. The quantitative estimate of drug-likeness (QED) is 0.773. The first kappa shape index (κ1) is 12.9. The summed E-state index contributed by atoms with van der Waals surface area (Å²) in [6.45, 7) is 7.82. The highest BCUT2D eigenvalue weighted by Crippen LogP contribution is 2.41. The highest BCUT2D eigenvalue weighted by Gasteiger charge is 2.38. The third-order valence-electron chi connectivity index (χ3n) is 4.28. The van der Waals surface area contributed by atoms with Gasteiger partial charge >= 0.3 is 0 Å². The van der Waals surface area contributed by atoms with Crippen molar-refractivity contribution in [1.29, 1.82) is 0 Å². The predicted molar refractivity (Wildman–Crippen MR) is 69.8 cm³/mol. The van der Waals surface area contributed by atoms with E-state index in [-0.39, 0.29) is 11.9 Å². The molecule has 3 atom stereocenters. The van der Waals surface area contributed by atoms with E-state index >= 15 is 0 Å². The monoisotopic (exact) mass is 238 g/mol. The van der Waals surface area contributed by atoms with Crippen molar-refractivity contribution in [2.75, 3.05) is 6.54 Å². The van der Waals surface area contributed by atoms with Gasteiger partial charge in [-0.25, -0.2) is 0 Å². The summed E-state index contributed by atoms with van der Waals surface area (Å²) in [4.78, 5) is 11.9. The van der Waals surface area contributed by atoms with Crippen LogP contribution in [0.25, 0.3) is 0 Å². The van der Waals surface area contributed by atoms with Crippen LogP contribution in [0.4, 0.5) is 0 Å². The molecule has 1 aliphatic carbocycles. The summed E-state index contributed by atoms with van der Waals surface area (Å²) in [5, 5.41) is 6.60. The van der Waals surface area contributed by atoms with Gasteiger partial charge in [0.2, 0.25) is 5.91 Å². The molecule has 0 aromatic heterocycles. The molecule has 0 aromatic rings. The Morgan fingerprint density at radius 1 is 1.29 bits per heavy atom. The molecule has 98 valence electrons. The molecule has 2 N–H and O–H groups in total. The molecule has 0 radical (unpaired) electrons. The molecule has 17 heavy (non-hydrogen) atoms. The van der Waals surface area contributed by atoms with Gasteiger partial charge in [0.1, 0.15) is 0 Å². The average molecular weight is 238 g/mol. The van der Waals surface area contributed by atoms with Crippen molar-refractivity contribution in [1.82, 2.24) is 10.6 Å². The molecule has 0 bridgehead atoms. The SMILES string of the molecule is C[C@@H]1CC(C)(C)C[C@@H]1N[C@H]1CCCCNC1=O. The van der Waals surface area contributed by atoms with Crippen molar-refractivity contribution in [2.24, 2.45) is 11.3 Å². The molecule has 1 saturated carbocycles. The van der Waals surface area contributed by atoms with E-state index in [1.54, 1.807) is 0 Å². The molecule has 0 spiro atoms. The number of carbonyl (C=O) groups excluding carboxylic acids is 1. The highest BCUT2D eigenvalue weighted by molar-refractivity contribution is 5.81. The normalized spacial score (nSPS) is 37.6. The smallest absolute Gasteiger partial charge is 0.237 e. The minimum Gasteiger partial charge on any atom is -0.355 e. The Hall–Kier alpha value is -0.570. The summed E-state index contributed by atoms with van der Waals surface area (Å²) in [5.74, 6) is 0.889. The van der Waals surface area contributed by atoms with Crippen LogP contribution in [0.2, 0.25) is 0 Å². The van der Waals surface area contributed by atoms with Crippen molar-refractivity contribution in [3.8, 4) is 0 Å². The Morgan fingerprint density at radius 3 is 2.71 bits per heavy atom. The van der Waals surface area contributed by atoms with E-state index in [4.69, 9.17) is 0 Å². The summed E-state index contributed by atoms with van der Waals surface area (Å²) in [7, 11) is 0. The van der Waals surface area contributed by atoms with E-state index in [1.807, 2.05) is 0 Å². The van der Waals surface area contributed by atoms with Crippen LogP contribution in [-0.4, -0.2) is 24.5 Å². The Morgan fingerprint density at radius 2 is 2.06 bits per heavy atom. The van der Waals surface area contributed by atoms with E-state index < -0.39 is 0 Å². The largest absolute Gasteiger partial charge is 0.355 e. The number of rotatable bonds is 2. The fraction of sp³-hybridized carbons (Fsp3) is 0.929. The van der Waals surface area contributed by atoms with Crippen LogP contribution in [0.5, 0.6) is 0 Å². The van der Waals surface area contributed by atoms with E-state index in [0.717, 1.165) is 25.8 Å². The second-order valence-electron chi connectivity index (χ2n) is 6.66. The van der Waals surface area contributed by atoms with Crippen molar-refractivity contribution in [2.45, 2.75) is 65.0 Å². The van der Waals surface area contributed by atoms with Gasteiger partial charge in [-0.15, -0.1) is 0 Å². The average Bonchev–Trinajstić information content (AvgIpc) is 2.38. The molecular formula is C14H26N2O. The fourth-order valence-electron chi connectivity index (χ4n) is 3.47. The fourth-order valence-corrected chi connectivity index (χ4v) is 3.47. The van der Waals surface area contributed by atoms with Crippen LogP contribution < -0.4 is 10.6 Å². The second kappa shape index (κ2) is 4.97. The molecular weight excluding hydrogens is 212 g/mol. The molecule has 1 heterocycles. The summed E-state index contributed by atoms with van der Waals surface area (Å²) >= 11 is 0. The van der Waals surface area contributed by atoms with Gasteiger partial charge in [-0.1, -0.05) is 20.8 Å². The third kappa shape index (κ3) is 3.21. The van der Waals surface area contributed by atoms with Crippen molar-refractivity contribution < 1.29 is 4.79 Å². The highest BCUT2D eigenvalue weighted by atomic mass is 16.2. The molecule has 1 amide bonds. The van der Waals surface area contributed by atoms with Crippen LogP contribution in [0.15, 0.2) is 0 Å². The number of hydrogen-bond donors (Lipinski definition) is 2. The van der Waals surface area contributed by atoms with E-state index in [9.17, 15) is 4.79 Å². The molecule has 2 aliphatic rings. The van der Waals surface area contributed by atoms with Crippen LogP contribution in [0.3, 0.4) is 0 Å². The summed E-state index contributed by atoms with van der Waals surface area (Å²) in [6, 6.07) is 0.553. The summed E-state index contributed by atoms with van der Waals surface area (Å²) < 4.78 is 0. The van der Waals surface area contributed by atoms with Gasteiger partial charge in [-0.3, -0.25) is 4.79 Å². The lowest BCUT2D eigenvalue weighted by Crippen LogP contribution is -2.48. The standard InChI is InChI=1S/C14H26N2O/c1-10-8-14(2,3)9-12(10)16-11-6-4-5-7-15-13(11)17/h10-12,16H,4-9H2,1-3H3,(H,15,17)/t10-,11+,12+/m1/s1. The zero-order chi connectivity index (χ0) is 12.5. The minimum absolute atomic E-state index is 0.0406. The molecule has 3 nitrogen and oxygen atoms in total. The first-order valence-electron chi connectivity index (χ1n) is 7.02. The van der Waals surface area contributed by atoms with Crippen molar-refractivity contribution in [3.63, 3.8) is 0 Å². The summed E-state index contributed by atoms with van der Waals surface area (Å²) in [6.07, 6.45) is 5.73. The van der Waals surface area contributed by atoms with E-state index in [1.165, 1.54) is 12.8 Å². The van der Waals surface area contributed by atoms with E-state index in [0.29, 0.717) is 17.4 Å². The lowest BCUT2D eigenvalue weighted by atomic mass is 9.91. The number of hydrogen-bond acceptors (Lipinski definition) is 2. The van der Waals surface area contributed by atoms with Crippen LogP contribution in [0.1, 0.15) is 52.9 Å². The van der Waals surface area contributed by atoms with Gasteiger partial charge in [0.05, 0.1) is 6.04 Å². The Bertz CT molecular complexity index is 288. The second-order valence-corrected chi connectivity index (χ2v) is 6.66. The Balaban J connectivity index is 1.93. The maximum Gasteiger partial charge on any atom is 0.237 e. The Labute approximate surface area is 105 Å². The maximum atomic E-state index is 11.9. The predicted octanol–water partition coefficient (Wildman–Crippen LogP) is 2.07. The molecule has 0 aromatic carbocycles. The lowest BCUT2D eigenvalue weighted by molar-refractivity contribution is -0.123. The van der Waals surface area contributed by atoms with Gasteiger partial charge in [0.15, 0.2) is 0 Å². The maximum absolute atomic E-state index is 11.9. The van der Waals surface area contributed by atoms with Crippen molar-refractivity contribution >= 4 is 5.91 Å². The minimum atomic E-state index is 0.0406. The Kier molecular flexibility index (Phi) is 3.76. The first-order valence-corrected chi connectivity index (χ1v) is 7.02. The van der Waals surface area contributed by atoms with E-state index in [2.05, 4.69) is 31.4 Å². The van der Waals surface area contributed by atoms with Gasteiger partial charge in [0.25, 0.3) is 0 Å². The van der Waals surface area contributed by atoms with Crippen LogP contribution >= 0.6 is 0 Å². The molecule has 2 fully saturated rings. The van der Waals surface area contributed by atoms with Gasteiger partial charge < -0.3 is 10.6 Å².